The fourth-order valence-corrected chi connectivity index (χ4v) is 5.09. The molecule has 0 saturated carbocycles. The molecule has 3 heteroatoms. The molecule has 0 bridgehead atoms. The zero-order valence-electron chi connectivity index (χ0n) is 19.2. The predicted octanol–water partition coefficient (Wildman–Crippen LogP) is 6.26. The minimum atomic E-state index is -0.763. The van der Waals surface area contributed by atoms with Crippen LogP contribution in [0.1, 0.15) is 30.5 Å². The summed E-state index contributed by atoms with van der Waals surface area (Å²) in [7, 11) is 0. The topological polar surface area (TPSA) is 27.7 Å². The van der Waals surface area contributed by atoms with Crippen molar-refractivity contribution in [1.82, 2.24) is 0 Å². The summed E-state index contributed by atoms with van der Waals surface area (Å²) in [5.74, 6) is -0.513. The summed E-state index contributed by atoms with van der Waals surface area (Å²) in [6, 6.07) is 31.3. The number of hydrogen-bond acceptors (Lipinski definition) is 3. The van der Waals surface area contributed by atoms with Crippen LogP contribution >= 0.6 is 0 Å². The molecule has 0 unspecified atom stereocenters. The van der Waals surface area contributed by atoms with Gasteiger partial charge in [-0.2, -0.15) is 0 Å². The van der Waals surface area contributed by atoms with E-state index in [1.54, 1.807) is 0 Å². The largest absolute Gasteiger partial charge is 0.356 e. The number of rotatable bonds is 7. The first-order chi connectivity index (χ1) is 16.0. The van der Waals surface area contributed by atoms with Crippen LogP contribution in [-0.2, 0) is 19.8 Å². The third kappa shape index (κ3) is 3.97. The average Bonchev–Trinajstić information content (AvgIpc) is 3.34. The first-order valence-corrected chi connectivity index (χ1v) is 11.5. The van der Waals surface area contributed by atoms with Crippen LogP contribution in [0.4, 0.5) is 0 Å². The fourth-order valence-electron chi connectivity index (χ4n) is 5.09. The van der Waals surface area contributed by atoms with Crippen LogP contribution < -0.4 is 0 Å². The zero-order valence-corrected chi connectivity index (χ0v) is 19.2. The van der Waals surface area contributed by atoms with Gasteiger partial charge < -0.3 is 14.2 Å². The molecule has 1 heterocycles. The first-order valence-electron chi connectivity index (χ1n) is 11.5. The summed E-state index contributed by atoms with van der Waals surface area (Å²) < 4.78 is 19.5. The Hall–Kier alpha value is -2.98. The molecule has 1 fully saturated rings. The molecule has 3 aromatic rings. The van der Waals surface area contributed by atoms with E-state index >= 15 is 0 Å². The van der Waals surface area contributed by atoms with Gasteiger partial charge in [-0.05, 0) is 36.1 Å². The second-order valence-corrected chi connectivity index (χ2v) is 9.14. The molecule has 0 spiro atoms. The average molecular weight is 439 g/mol. The predicted molar refractivity (Wildman–Crippen MR) is 131 cm³/mol. The van der Waals surface area contributed by atoms with Gasteiger partial charge >= 0.3 is 0 Å². The van der Waals surface area contributed by atoms with E-state index in [2.05, 4.69) is 85.5 Å². The minimum absolute atomic E-state index is 0.0596. The summed E-state index contributed by atoms with van der Waals surface area (Å²) >= 11 is 0. The maximum atomic E-state index is 7.00. The van der Waals surface area contributed by atoms with Gasteiger partial charge in [0.05, 0.1) is 6.61 Å². The van der Waals surface area contributed by atoms with Crippen LogP contribution in [0.25, 0.3) is 0 Å². The van der Waals surface area contributed by atoms with Crippen LogP contribution in [0.5, 0.6) is 0 Å². The van der Waals surface area contributed by atoms with E-state index in [1.165, 1.54) is 0 Å². The molecule has 2 aliphatic rings. The Morgan fingerprint density at radius 2 is 1.30 bits per heavy atom. The normalized spacial score (nSPS) is 23.7. The molecule has 3 atom stereocenters. The summed E-state index contributed by atoms with van der Waals surface area (Å²) in [4.78, 5) is 0. The molecule has 1 aliphatic carbocycles. The summed E-state index contributed by atoms with van der Waals surface area (Å²) in [6.07, 6.45) is 3.94. The van der Waals surface area contributed by atoms with Crippen molar-refractivity contribution >= 4 is 0 Å². The second kappa shape index (κ2) is 8.75. The van der Waals surface area contributed by atoms with Gasteiger partial charge in [0.2, 0.25) is 0 Å². The van der Waals surface area contributed by atoms with Crippen molar-refractivity contribution in [2.24, 2.45) is 5.92 Å². The Kier molecular flexibility index (Phi) is 5.79. The molecule has 0 aromatic heterocycles. The molecule has 3 aromatic carbocycles. The van der Waals surface area contributed by atoms with Crippen molar-refractivity contribution in [3.8, 4) is 0 Å². The van der Waals surface area contributed by atoms with Crippen molar-refractivity contribution in [2.75, 3.05) is 6.61 Å². The van der Waals surface area contributed by atoms with E-state index in [9.17, 15) is 0 Å². The van der Waals surface area contributed by atoms with Gasteiger partial charge in [0.15, 0.2) is 5.79 Å². The van der Waals surface area contributed by atoms with E-state index in [4.69, 9.17) is 14.2 Å². The molecule has 0 N–H and O–H groups in total. The molecule has 0 radical (unpaired) electrons. The van der Waals surface area contributed by atoms with E-state index in [-0.39, 0.29) is 18.1 Å². The van der Waals surface area contributed by atoms with Crippen LogP contribution in [0, 0.1) is 5.92 Å². The molecule has 3 nitrogen and oxygen atoms in total. The van der Waals surface area contributed by atoms with Crippen LogP contribution in [0.2, 0.25) is 0 Å². The quantitative estimate of drug-likeness (QED) is 0.322. The van der Waals surface area contributed by atoms with E-state index in [0.29, 0.717) is 6.61 Å². The fraction of sp³-hybridized carbons (Fsp3) is 0.267. The molecule has 1 aliphatic heterocycles. The minimum Gasteiger partial charge on any atom is -0.356 e. The lowest BCUT2D eigenvalue weighted by Gasteiger charge is -2.36. The van der Waals surface area contributed by atoms with Crippen molar-refractivity contribution in [2.45, 2.75) is 37.4 Å². The molecular weight excluding hydrogens is 408 g/mol. The number of ether oxygens (including phenoxy) is 3. The van der Waals surface area contributed by atoms with Gasteiger partial charge in [0, 0.05) is 5.92 Å². The van der Waals surface area contributed by atoms with Crippen molar-refractivity contribution < 1.29 is 14.2 Å². The lowest BCUT2D eigenvalue weighted by atomic mass is 9.80. The van der Waals surface area contributed by atoms with Gasteiger partial charge in [0.1, 0.15) is 17.8 Å². The van der Waals surface area contributed by atoms with E-state index < -0.39 is 11.4 Å². The maximum absolute atomic E-state index is 7.00. The Balaban J connectivity index is 1.58. The van der Waals surface area contributed by atoms with E-state index in [1.807, 2.05) is 38.1 Å². The molecular formula is C30H30O3. The third-order valence-corrected chi connectivity index (χ3v) is 6.55. The number of fused-ring (bicyclic) bond motifs is 1. The van der Waals surface area contributed by atoms with Crippen molar-refractivity contribution in [3.05, 3.63) is 132 Å². The highest BCUT2D eigenvalue weighted by molar-refractivity contribution is 5.47. The van der Waals surface area contributed by atoms with Gasteiger partial charge in [0.25, 0.3) is 0 Å². The smallest absolute Gasteiger partial charge is 0.164 e. The number of benzene rings is 3. The van der Waals surface area contributed by atoms with E-state index in [0.717, 1.165) is 22.3 Å². The first kappa shape index (κ1) is 21.8. The summed E-state index contributed by atoms with van der Waals surface area (Å²) in [5.41, 5.74) is 3.59. The highest BCUT2D eigenvalue weighted by Gasteiger charge is 2.49. The van der Waals surface area contributed by atoms with Crippen LogP contribution in [0.15, 0.2) is 115 Å². The second-order valence-electron chi connectivity index (χ2n) is 9.14. The third-order valence-electron chi connectivity index (χ3n) is 6.55. The molecule has 33 heavy (non-hydrogen) atoms. The number of hydrogen-bond donors (Lipinski definition) is 0. The van der Waals surface area contributed by atoms with Crippen LogP contribution in [0.3, 0.4) is 0 Å². The highest BCUT2D eigenvalue weighted by Crippen LogP contribution is 2.45. The Labute approximate surface area is 196 Å². The summed E-state index contributed by atoms with van der Waals surface area (Å²) in [5, 5.41) is 0. The van der Waals surface area contributed by atoms with Gasteiger partial charge in [-0.3, -0.25) is 0 Å². The zero-order chi connectivity index (χ0) is 22.9. The molecule has 1 saturated heterocycles. The van der Waals surface area contributed by atoms with Crippen molar-refractivity contribution in [3.63, 3.8) is 0 Å². The lowest BCUT2D eigenvalue weighted by Crippen LogP contribution is -2.35. The maximum Gasteiger partial charge on any atom is 0.164 e. The summed E-state index contributed by atoms with van der Waals surface area (Å²) in [6.45, 7) is 8.37. The lowest BCUT2D eigenvalue weighted by molar-refractivity contribution is -0.147. The van der Waals surface area contributed by atoms with Gasteiger partial charge in [-0.1, -0.05) is 103 Å². The molecule has 168 valence electrons. The standard InChI is InChI=1S/C30H30O3/c1-4-22-20-23(28-27(22)32-29(2,3)33-28)21-31-30(24-14-8-5-9-15-24,25-16-10-6-11-17-25)26-18-12-7-13-19-26/h4-20,22,27-28H,1,21H2,2-3H3/t22-,27+,28+/m1/s1. The van der Waals surface area contributed by atoms with Crippen LogP contribution in [-0.4, -0.2) is 24.6 Å². The SMILES string of the molecule is C=C[C@@H]1C=C(COC(c2ccccc2)(c2ccccc2)c2ccccc2)[C@@H]2OC(C)(C)O[C@@H]12. The monoisotopic (exact) mass is 438 g/mol. The Morgan fingerprint density at radius 3 is 1.76 bits per heavy atom. The van der Waals surface area contributed by atoms with Gasteiger partial charge in [-0.25, -0.2) is 0 Å². The molecule has 0 amide bonds. The Bertz CT molecular complexity index is 1020. The highest BCUT2D eigenvalue weighted by atomic mass is 16.8. The molecule has 5 rings (SSSR count). The van der Waals surface area contributed by atoms with Gasteiger partial charge in [-0.15, -0.1) is 6.58 Å². The Morgan fingerprint density at radius 1 is 0.818 bits per heavy atom. The van der Waals surface area contributed by atoms with Crippen molar-refractivity contribution in [1.29, 1.82) is 0 Å².